The lowest BCUT2D eigenvalue weighted by Gasteiger charge is -2.37. The summed E-state index contributed by atoms with van der Waals surface area (Å²) in [6, 6.07) is 17.2. The van der Waals surface area contributed by atoms with Gasteiger partial charge < -0.3 is 19.7 Å². The van der Waals surface area contributed by atoms with E-state index in [1.54, 1.807) is 17.0 Å². The van der Waals surface area contributed by atoms with Crippen molar-refractivity contribution in [2.24, 2.45) is 0 Å². The highest BCUT2D eigenvalue weighted by molar-refractivity contribution is 6.30. The molecule has 1 saturated heterocycles. The average molecular weight is 389 g/mol. The molecule has 1 aliphatic heterocycles. The van der Waals surface area contributed by atoms with Crippen molar-refractivity contribution in [3.63, 3.8) is 0 Å². The molecule has 1 aliphatic rings. The van der Waals surface area contributed by atoms with Crippen molar-refractivity contribution in [2.75, 3.05) is 33.4 Å². The van der Waals surface area contributed by atoms with Crippen LogP contribution in [0, 0.1) is 0 Å². The van der Waals surface area contributed by atoms with Gasteiger partial charge >= 0.3 is 0 Å². The van der Waals surface area contributed by atoms with Crippen molar-refractivity contribution in [2.45, 2.75) is 18.6 Å². The maximum Gasteiger partial charge on any atom is 0.225 e. The van der Waals surface area contributed by atoms with E-state index in [0.717, 1.165) is 12.1 Å². The normalized spacial score (nSPS) is 19.5. The molecule has 0 radical (unpaired) electrons. The van der Waals surface area contributed by atoms with Crippen molar-refractivity contribution in [1.29, 1.82) is 0 Å². The summed E-state index contributed by atoms with van der Waals surface area (Å²) >= 11 is 6.02. The molecule has 1 fully saturated rings. The molecule has 144 valence electrons. The Hall–Kier alpha value is -2.08. The van der Waals surface area contributed by atoms with E-state index in [9.17, 15) is 4.79 Å². The number of halogens is 1. The predicted octanol–water partition coefficient (Wildman–Crippen LogP) is 3.13. The minimum Gasteiger partial charge on any atom is -0.490 e. The highest BCUT2D eigenvalue weighted by atomic mass is 35.5. The van der Waals surface area contributed by atoms with Crippen LogP contribution in [0.3, 0.4) is 0 Å². The third kappa shape index (κ3) is 5.70. The molecule has 1 atom stereocenters. The Labute approximate surface area is 165 Å². The number of hydrogen-bond donors (Lipinski definition) is 1. The Kier molecular flexibility index (Phi) is 6.72. The summed E-state index contributed by atoms with van der Waals surface area (Å²) in [5, 5.41) is 3.93. The quantitative estimate of drug-likeness (QED) is 0.791. The molecule has 1 N–H and O–H groups in total. The SMILES string of the molecule is CN(Cc1ccccc1)C(=O)CC1(COc2cccc(Cl)c2)CNCCO1. The van der Waals surface area contributed by atoms with Gasteiger partial charge in [-0.2, -0.15) is 0 Å². The van der Waals surface area contributed by atoms with Gasteiger partial charge in [0.05, 0.1) is 13.0 Å². The number of rotatable bonds is 7. The average Bonchev–Trinajstić information content (AvgIpc) is 2.68. The highest BCUT2D eigenvalue weighted by Gasteiger charge is 2.37. The fraction of sp³-hybridized carbons (Fsp3) is 0.381. The molecule has 0 spiro atoms. The number of amides is 1. The summed E-state index contributed by atoms with van der Waals surface area (Å²) in [7, 11) is 1.82. The van der Waals surface area contributed by atoms with Gasteiger partial charge in [0.1, 0.15) is 18.0 Å². The second-order valence-corrected chi connectivity index (χ2v) is 7.30. The van der Waals surface area contributed by atoms with Crippen molar-refractivity contribution < 1.29 is 14.3 Å². The van der Waals surface area contributed by atoms with E-state index < -0.39 is 5.60 Å². The lowest BCUT2D eigenvalue weighted by molar-refractivity contribution is -0.144. The van der Waals surface area contributed by atoms with Crippen LogP contribution in [0.4, 0.5) is 0 Å². The third-order valence-corrected chi connectivity index (χ3v) is 4.83. The van der Waals surface area contributed by atoms with Crippen molar-refractivity contribution >= 4 is 17.5 Å². The van der Waals surface area contributed by atoms with E-state index in [1.807, 2.05) is 49.5 Å². The molecule has 1 heterocycles. The van der Waals surface area contributed by atoms with Gasteiger partial charge in [0, 0.05) is 31.7 Å². The van der Waals surface area contributed by atoms with Crippen LogP contribution in [0.1, 0.15) is 12.0 Å². The zero-order valence-electron chi connectivity index (χ0n) is 15.5. The van der Waals surface area contributed by atoms with E-state index >= 15 is 0 Å². The van der Waals surface area contributed by atoms with Crippen LogP contribution in [0.25, 0.3) is 0 Å². The summed E-state index contributed by atoms with van der Waals surface area (Å²) in [6.07, 6.45) is 0.254. The van der Waals surface area contributed by atoms with E-state index in [0.29, 0.717) is 30.5 Å². The zero-order valence-corrected chi connectivity index (χ0v) is 16.2. The van der Waals surface area contributed by atoms with Gasteiger partial charge in [-0.05, 0) is 23.8 Å². The molecule has 5 nitrogen and oxygen atoms in total. The van der Waals surface area contributed by atoms with Crippen LogP contribution >= 0.6 is 11.6 Å². The fourth-order valence-electron chi connectivity index (χ4n) is 3.09. The molecule has 27 heavy (non-hydrogen) atoms. The van der Waals surface area contributed by atoms with Gasteiger partial charge in [-0.3, -0.25) is 4.79 Å². The van der Waals surface area contributed by atoms with E-state index in [-0.39, 0.29) is 18.9 Å². The molecular formula is C21H25ClN2O3. The molecule has 3 rings (SSSR count). The van der Waals surface area contributed by atoms with Gasteiger partial charge in [-0.15, -0.1) is 0 Å². The number of carbonyl (C=O) groups is 1. The third-order valence-electron chi connectivity index (χ3n) is 4.59. The predicted molar refractivity (Wildman–Crippen MR) is 106 cm³/mol. The van der Waals surface area contributed by atoms with Gasteiger partial charge in [0.2, 0.25) is 5.91 Å². The Bertz CT molecular complexity index is 748. The van der Waals surface area contributed by atoms with E-state index in [4.69, 9.17) is 21.1 Å². The van der Waals surface area contributed by atoms with Crippen LogP contribution in [-0.2, 0) is 16.1 Å². The topological polar surface area (TPSA) is 50.8 Å². The molecule has 0 saturated carbocycles. The second-order valence-electron chi connectivity index (χ2n) is 6.87. The fourth-order valence-corrected chi connectivity index (χ4v) is 3.27. The van der Waals surface area contributed by atoms with E-state index in [1.165, 1.54) is 0 Å². The molecule has 6 heteroatoms. The minimum absolute atomic E-state index is 0.0252. The van der Waals surface area contributed by atoms with Crippen LogP contribution < -0.4 is 10.1 Å². The monoisotopic (exact) mass is 388 g/mol. The Morgan fingerprint density at radius 1 is 1.26 bits per heavy atom. The molecule has 0 bridgehead atoms. The molecule has 1 unspecified atom stereocenters. The largest absolute Gasteiger partial charge is 0.490 e. The van der Waals surface area contributed by atoms with Gasteiger partial charge in [0.15, 0.2) is 0 Å². The van der Waals surface area contributed by atoms with Gasteiger partial charge in [-0.25, -0.2) is 0 Å². The van der Waals surface area contributed by atoms with Crippen LogP contribution in [0.2, 0.25) is 5.02 Å². The van der Waals surface area contributed by atoms with Crippen LogP contribution in [0.5, 0.6) is 5.75 Å². The number of ether oxygens (including phenoxy) is 2. The number of morpholine rings is 1. The summed E-state index contributed by atoms with van der Waals surface area (Å²) in [6.45, 7) is 2.74. The van der Waals surface area contributed by atoms with Gasteiger partial charge in [-0.1, -0.05) is 48.0 Å². The summed E-state index contributed by atoms with van der Waals surface area (Å²) in [5.74, 6) is 0.693. The molecule has 2 aromatic carbocycles. The Morgan fingerprint density at radius 2 is 2.07 bits per heavy atom. The standard InChI is InChI=1S/C21H25ClN2O3/c1-24(14-17-6-3-2-4-7-17)20(25)13-21(15-23-10-11-27-21)16-26-19-9-5-8-18(22)12-19/h2-9,12,23H,10-11,13-16H2,1H3. The molecular weight excluding hydrogens is 364 g/mol. The number of carbonyl (C=O) groups excluding carboxylic acids is 1. The van der Waals surface area contributed by atoms with E-state index in [2.05, 4.69) is 5.32 Å². The maximum atomic E-state index is 12.8. The number of hydrogen-bond acceptors (Lipinski definition) is 4. The lowest BCUT2D eigenvalue weighted by atomic mass is 9.98. The number of benzene rings is 2. The molecule has 0 aliphatic carbocycles. The lowest BCUT2D eigenvalue weighted by Crippen LogP contribution is -2.55. The van der Waals surface area contributed by atoms with Crippen molar-refractivity contribution in [3.05, 3.63) is 65.2 Å². The Balaban J connectivity index is 1.63. The van der Waals surface area contributed by atoms with Crippen LogP contribution in [0.15, 0.2) is 54.6 Å². The van der Waals surface area contributed by atoms with Crippen LogP contribution in [-0.4, -0.2) is 49.8 Å². The first-order valence-corrected chi connectivity index (χ1v) is 9.45. The first kappa shape index (κ1) is 19.7. The molecule has 2 aromatic rings. The summed E-state index contributed by atoms with van der Waals surface area (Å²) in [5.41, 5.74) is 0.406. The highest BCUT2D eigenvalue weighted by Crippen LogP contribution is 2.24. The summed E-state index contributed by atoms with van der Waals surface area (Å²) < 4.78 is 11.9. The van der Waals surface area contributed by atoms with Gasteiger partial charge in [0.25, 0.3) is 0 Å². The number of nitrogens with one attached hydrogen (secondary N) is 1. The first-order chi connectivity index (χ1) is 13.1. The van der Waals surface area contributed by atoms with Crippen molar-refractivity contribution in [1.82, 2.24) is 10.2 Å². The molecule has 1 amide bonds. The van der Waals surface area contributed by atoms with Crippen molar-refractivity contribution in [3.8, 4) is 5.75 Å². The molecule has 0 aromatic heterocycles. The second kappa shape index (κ2) is 9.22. The minimum atomic E-state index is -0.692. The maximum absolute atomic E-state index is 12.8. The summed E-state index contributed by atoms with van der Waals surface area (Å²) in [4.78, 5) is 14.6. The number of nitrogens with zero attached hydrogens (tertiary/aromatic N) is 1. The Morgan fingerprint density at radius 3 is 2.78 bits per heavy atom. The first-order valence-electron chi connectivity index (χ1n) is 9.07. The smallest absolute Gasteiger partial charge is 0.225 e. The zero-order chi connectivity index (χ0) is 19.1.